The fraction of sp³-hybridized carbons (Fsp3) is 0.622. The fourth-order valence-corrected chi connectivity index (χ4v) is 9.50. The lowest BCUT2D eigenvalue weighted by Gasteiger charge is -2.26. The molecule has 0 aromatic carbocycles. The van der Waals surface area contributed by atoms with Crippen molar-refractivity contribution in [3.63, 3.8) is 0 Å². The minimum atomic E-state index is -1.63. The number of likely N-dealkylation sites (N-methyl/N-ethyl adjacent to an activating group) is 1. The zero-order valence-corrected chi connectivity index (χ0v) is 58.6. The third-order valence-electron chi connectivity index (χ3n) is 15.0. The van der Waals surface area contributed by atoms with Gasteiger partial charge in [0.15, 0.2) is 12.4 Å². The molecule has 0 aliphatic heterocycles. The second-order valence-electron chi connectivity index (χ2n) is 24.8. The van der Waals surface area contributed by atoms with Crippen LogP contribution in [0.15, 0.2) is 170 Å². The van der Waals surface area contributed by atoms with Crippen molar-refractivity contribution in [2.75, 3.05) is 47.5 Å². The first-order valence-corrected chi connectivity index (χ1v) is 36.3. The molecule has 2 atom stereocenters. The Kier molecular flexibility index (Phi) is 66.4. The number of unbranched alkanes of at least 4 members (excludes halogenated alkanes) is 22. The third-order valence-corrected chi connectivity index (χ3v) is 15.0. The maximum Gasteiger partial charge on any atom is 0.306 e. The zero-order chi connectivity index (χ0) is 66.1. The number of allylic oxidation sites excluding steroid dienone is 28. The van der Waals surface area contributed by atoms with Gasteiger partial charge in [-0.25, -0.2) is 0 Å². The molecule has 91 heavy (non-hydrogen) atoms. The Labute approximate surface area is 558 Å². The number of quaternary nitrogens is 1. The van der Waals surface area contributed by atoms with Crippen LogP contribution in [0.25, 0.3) is 0 Å². The fourth-order valence-electron chi connectivity index (χ4n) is 9.50. The summed E-state index contributed by atoms with van der Waals surface area (Å²) in [5.74, 6) is -2.30. The molecule has 0 saturated heterocycles. The maximum absolute atomic E-state index is 12.9. The van der Waals surface area contributed by atoms with E-state index in [4.69, 9.17) is 18.9 Å². The number of ether oxygens (including phenoxy) is 4. The molecule has 0 aromatic rings. The molecule has 0 saturated carbocycles. The van der Waals surface area contributed by atoms with Crippen LogP contribution in [-0.4, -0.2) is 82.3 Å². The van der Waals surface area contributed by atoms with Crippen molar-refractivity contribution >= 4 is 17.9 Å². The summed E-state index contributed by atoms with van der Waals surface area (Å²) in [6, 6.07) is 0. The highest BCUT2D eigenvalue weighted by atomic mass is 16.7. The SMILES string of the molecule is CC/C=C\C/C=C\C/C=C\C/C=C\C/C=C\C/C=C\C/C=C\C/C=C\C/C=C\CCCCCCCCCCCCCCCC(=O)OC(COC(=O)CCCCCCCCCCC/C=C\C/C=C\C/C=C\C/C=C\C/C=C\CC)COC(OCC[N+](C)(C)C)C(=O)[O-]. The molecule has 0 fully saturated rings. The van der Waals surface area contributed by atoms with Crippen LogP contribution in [0.1, 0.15) is 271 Å². The molecule has 0 bridgehead atoms. The van der Waals surface area contributed by atoms with E-state index in [2.05, 4.69) is 184 Å². The Morgan fingerprint density at radius 1 is 0.330 bits per heavy atom. The summed E-state index contributed by atoms with van der Waals surface area (Å²) < 4.78 is 22.8. The average molecular weight is 1260 g/mol. The van der Waals surface area contributed by atoms with Crippen LogP contribution in [0, 0.1) is 0 Å². The Balaban J connectivity index is 4.13. The highest BCUT2D eigenvalue weighted by molar-refractivity contribution is 5.70. The summed E-state index contributed by atoms with van der Waals surface area (Å²) >= 11 is 0. The molecule has 0 aliphatic carbocycles. The van der Waals surface area contributed by atoms with Gasteiger partial charge in [-0.1, -0.05) is 300 Å². The zero-order valence-electron chi connectivity index (χ0n) is 58.6. The van der Waals surface area contributed by atoms with Gasteiger partial charge in [-0.05, 0) is 128 Å². The normalized spacial score (nSPS) is 13.7. The predicted molar refractivity (Wildman–Crippen MR) is 388 cm³/mol. The highest BCUT2D eigenvalue weighted by Gasteiger charge is 2.22. The summed E-state index contributed by atoms with van der Waals surface area (Å²) in [6.07, 6.45) is 103. The van der Waals surface area contributed by atoms with E-state index in [0.717, 1.165) is 141 Å². The van der Waals surface area contributed by atoms with Crippen molar-refractivity contribution in [3.8, 4) is 0 Å². The van der Waals surface area contributed by atoms with E-state index >= 15 is 0 Å². The Morgan fingerprint density at radius 2 is 0.593 bits per heavy atom. The Hall–Kier alpha value is -5.35. The highest BCUT2D eigenvalue weighted by Crippen LogP contribution is 2.16. The van der Waals surface area contributed by atoms with Crippen LogP contribution in [-0.2, 0) is 33.3 Å². The summed E-state index contributed by atoms with van der Waals surface area (Å²) in [5, 5.41) is 11.8. The molecule has 0 rings (SSSR count). The van der Waals surface area contributed by atoms with Crippen LogP contribution in [0.2, 0.25) is 0 Å². The van der Waals surface area contributed by atoms with Crippen molar-refractivity contribution in [3.05, 3.63) is 170 Å². The molecular formula is C82H133NO8. The summed E-state index contributed by atoms with van der Waals surface area (Å²) in [5.41, 5.74) is 0. The minimum Gasteiger partial charge on any atom is -0.545 e. The molecule has 0 heterocycles. The van der Waals surface area contributed by atoms with Gasteiger partial charge in [0.05, 0.1) is 40.3 Å². The van der Waals surface area contributed by atoms with Crippen molar-refractivity contribution < 1.29 is 42.9 Å². The number of hydrogen-bond acceptors (Lipinski definition) is 8. The van der Waals surface area contributed by atoms with Gasteiger partial charge in [-0.3, -0.25) is 9.59 Å². The first kappa shape index (κ1) is 85.7. The second kappa shape index (κ2) is 70.5. The van der Waals surface area contributed by atoms with Gasteiger partial charge in [0.1, 0.15) is 13.2 Å². The van der Waals surface area contributed by atoms with Crippen LogP contribution in [0.3, 0.4) is 0 Å². The Bertz CT molecular complexity index is 2100. The van der Waals surface area contributed by atoms with Crippen LogP contribution in [0.4, 0.5) is 0 Å². The lowest BCUT2D eigenvalue weighted by Crippen LogP contribution is -2.44. The number of hydrogen-bond donors (Lipinski definition) is 0. The standard InChI is InChI=1S/C82H133NO8/c1-6-8-10-12-14-16-18-20-22-24-26-28-30-32-33-34-35-36-37-38-39-40-41-42-43-44-45-46-47-49-51-53-55-57-59-61-63-65-67-69-71-73-80(85)91-78(77-90-82(81(86)87)88-75-74-83(3,4)5)76-89-79(84)72-70-68-66-64-62-60-58-56-54-52-50-48-31-29-27-25-23-21-19-17-15-13-11-9-7-2/h8-11,14-17,20-23,26-29,32-33,35-36,38-39,41-42,44-45,48,50,78,82H,6-7,12-13,18-19,24-25,30-31,34,37,40,43,46-47,49,51-77H2,1-5H3/b10-8-,11-9-,16-14-,17-15-,22-20-,23-21-,28-26-,29-27-,33-32-,36-35-,39-38-,42-41-,45-44-,50-48-. The lowest BCUT2D eigenvalue weighted by molar-refractivity contribution is -0.870. The van der Waals surface area contributed by atoms with E-state index in [-0.39, 0.29) is 38.6 Å². The van der Waals surface area contributed by atoms with Gasteiger partial charge in [0.25, 0.3) is 0 Å². The smallest absolute Gasteiger partial charge is 0.306 e. The molecule has 0 spiro atoms. The number of carbonyl (C=O) groups is 3. The number of esters is 2. The number of nitrogens with zero attached hydrogens (tertiary/aromatic N) is 1. The monoisotopic (exact) mass is 1260 g/mol. The molecule has 2 unspecified atom stereocenters. The van der Waals surface area contributed by atoms with Crippen LogP contribution < -0.4 is 5.11 Å². The molecule has 514 valence electrons. The molecule has 9 nitrogen and oxygen atoms in total. The number of rotatable bonds is 65. The maximum atomic E-state index is 12.9. The second-order valence-corrected chi connectivity index (χ2v) is 24.8. The predicted octanol–water partition coefficient (Wildman–Crippen LogP) is 21.7. The number of carbonyl (C=O) groups excluding carboxylic acids is 3. The number of carboxylic acids is 1. The van der Waals surface area contributed by atoms with Crippen molar-refractivity contribution in [1.82, 2.24) is 0 Å². The van der Waals surface area contributed by atoms with E-state index in [9.17, 15) is 19.5 Å². The van der Waals surface area contributed by atoms with Gasteiger partial charge in [-0.2, -0.15) is 0 Å². The molecule has 0 radical (unpaired) electrons. The molecule has 9 heteroatoms. The van der Waals surface area contributed by atoms with Gasteiger partial charge < -0.3 is 33.3 Å². The van der Waals surface area contributed by atoms with Gasteiger partial charge >= 0.3 is 11.9 Å². The largest absolute Gasteiger partial charge is 0.545 e. The quantitative estimate of drug-likeness (QED) is 0.0195. The van der Waals surface area contributed by atoms with Crippen LogP contribution in [0.5, 0.6) is 0 Å². The topological polar surface area (TPSA) is 111 Å². The van der Waals surface area contributed by atoms with Crippen molar-refractivity contribution in [2.24, 2.45) is 0 Å². The average Bonchev–Trinajstić information content (AvgIpc) is 3.53. The lowest BCUT2D eigenvalue weighted by atomic mass is 10.0. The Morgan fingerprint density at radius 3 is 0.879 bits per heavy atom. The third kappa shape index (κ3) is 71.9. The minimum absolute atomic E-state index is 0.139. The van der Waals surface area contributed by atoms with Gasteiger partial charge in [0, 0.05) is 12.8 Å². The number of carboxylic acid groups (broad SMARTS) is 1. The molecular weight excluding hydrogens is 1130 g/mol. The van der Waals surface area contributed by atoms with Crippen molar-refractivity contribution in [1.29, 1.82) is 0 Å². The molecule has 0 aromatic heterocycles. The van der Waals surface area contributed by atoms with E-state index in [1.165, 1.54) is 96.3 Å². The molecule has 0 N–H and O–H groups in total. The number of aliphatic carboxylic acids is 1. The summed E-state index contributed by atoms with van der Waals surface area (Å²) in [4.78, 5) is 37.5. The van der Waals surface area contributed by atoms with Crippen LogP contribution >= 0.6 is 0 Å². The molecule has 0 amide bonds. The van der Waals surface area contributed by atoms with Gasteiger partial charge in [0.2, 0.25) is 0 Å². The first-order valence-electron chi connectivity index (χ1n) is 36.3. The summed E-state index contributed by atoms with van der Waals surface area (Å²) in [7, 11) is 5.92. The van der Waals surface area contributed by atoms with E-state index in [1.807, 2.05) is 21.1 Å². The molecule has 0 aliphatic rings. The van der Waals surface area contributed by atoms with Gasteiger partial charge in [-0.15, -0.1) is 0 Å². The van der Waals surface area contributed by atoms with E-state index in [1.54, 1.807) is 0 Å². The van der Waals surface area contributed by atoms with E-state index in [0.29, 0.717) is 17.4 Å². The van der Waals surface area contributed by atoms with E-state index < -0.39 is 24.3 Å². The summed E-state index contributed by atoms with van der Waals surface area (Å²) in [6.45, 7) is 4.51. The first-order chi connectivity index (χ1) is 44.6. The van der Waals surface area contributed by atoms with Crippen molar-refractivity contribution in [2.45, 2.75) is 283 Å².